The quantitative estimate of drug-likeness (QED) is 0.511. The second-order valence-electron chi connectivity index (χ2n) is 5.73. The van der Waals surface area contributed by atoms with E-state index >= 15 is 0 Å². The van der Waals surface area contributed by atoms with Gasteiger partial charge in [0.05, 0.1) is 11.1 Å². The third-order valence-electron chi connectivity index (χ3n) is 3.85. The molecular formula is C19H16N2O. The summed E-state index contributed by atoms with van der Waals surface area (Å²) in [5, 5.41) is 2.12. The van der Waals surface area contributed by atoms with Crippen LogP contribution in [0, 0.1) is 0 Å². The lowest BCUT2D eigenvalue weighted by molar-refractivity contribution is 0.651. The van der Waals surface area contributed by atoms with E-state index in [1.165, 1.54) is 0 Å². The van der Waals surface area contributed by atoms with Gasteiger partial charge < -0.3 is 4.42 Å². The highest BCUT2D eigenvalue weighted by atomic mass is 16.3. The number of nitrogens with zero attached hydrogens (tertiary/aromatic N) is 2. The highest BCUT2D eigenvalue weighted by Gasteiger charge is 2.18. The molecule has 3 heteroatoms. The van der Waals surface area contributed by atoms with Crippen LogP contribution in [0.15, 0.2) is 59.0 Å². The molecule has 4 aromatic rings. The molecule has 0 fully saturated rings. The van der Waals surface area contributed by atoms with Crippen molar-refractivity contribution in [1.82, 2.24) is 9.97 Å². The van der Waals surface area contributed by atoms with Gasteiger partial charge in [0.15, 0.2) is 5.82 Å². The summed E-state index contributed by atoms with van der Waals surface area (Å²) in [5.41, 5.74) is 3.57. The van der Waals surface area contributed by atoms with Gasteiger partial charge in [-0.1, -0.05) is 62.4 Å². The predicted molar refractivity (Wildman–Crippen MR) is 88.8 cm³/mol. The van der Waals surface area contributed by atoms with Crippen molar-refractivity contribution in [1.29, 1.82) is 0 Å². The maximum absolute atomic E-state index is 5.95. The zero-order valence-corrected chi connectivity index (χ0v) is 12.6. The molecule has 0 aliphatic rings. The number of hydrogen-bond donors (Lipinski definition) is 0. The molecule has 0 atom stereocenters. The van der Waals surface area contributed by atoms with Crippen LogP contribution in [0.1, 0.15) is 25.5 Å². The summed E-state index contributed by atoms with van der Waals surface area (Å²) in [6.45, 7) is 4.30. The smallest absolute Gasteiger partial charge is 0.231 e. The van der Waals surface area contributed by atoms with Crippen LogP contribution in [0.25, 0.3) is 33.5 Å². The highest BCUT2D eigenvalue weighted by molar-refractivity contribution is 6.05. The van der Waals surface area contributed by atoms with Gasteiger partial charge in [0.1, 0.15) is 5.58 Å². The molecule has 0 spiro atoms. The Morgan fingerprint density at radius 2 is 1.59 bits per heavy atom. The topological polar surface area (TPSA) is 38.9 Å². The zero-order chi connectivity index (χ0) is 15.1. The van der Waals surface area contributed by atoms with Crippen LogP contribution in [0.4, 0.5) is 0 Å². The summed E-state index contributed by atoms with van der Waals surface area (Å²) >= 11 is 0. The predicted octanol–water partition coefficient (Wildman–Crippen LogP) is 5.17. The van der Waals surface area contributed by atoms with Crippen LogP contribution in [0.5, 0.6) is 0 Å². The molecule has 3 nitrogen and oxygen atoms in total. The van der Waals surface area contributed by atoms with Crippen molar-refractivity contribution in [3.8, 4) is 11.4 Å². The highest BCUT2D eigenvalue weighted by Crippen LogP contribution is 2.34. The number of fused-ring (bicyclic) bond motifs is 3. The van der Waals surface area contributed by atoms with E-state index in [9.17, 15) is 0 Å². The van der Waals surface area contributed by atoms with Crippen LogP contribution in [0.2, 0.25) is 0 Å². The molecule has 0 bridgehead atoms. The van der Waals surface area contributed by atoms with Gasteiger partial charge in [-0.15, -0.1) is 0 Å². The van der Waals surface area contributed by atoms with Crippen molar-refractivity contribution in [3.63, 3.8) is 0 Å². The Morgan fingerprint density at radius 1 is 0.864 bits per heavy atom. The third-order valence-corrected chi connectivity index (χ3v) is 3.85. The maximum Gasteiger partial charge on any atom is 0.231 e. The van der Waals surface area contributed by atoms with Crippen LogP contribution < -0.4 is 0 Å². The monoisotopic (exact) mass is 288 g/mol. The molecule has 0 aliphatic heterocycles. The lowest BCUT2D eigenvalue weighted by atomic mass is 10.0. The minimum atomic E-state index is 0.300. The Labute approximate surface area is 128 Å². The van der Waals surface area contributed by atoms with Crippen LogP contribution in [-0.2, 0) is 0 Å². The van der Waals surface area contributed by atoms with E-state index < -0.39 is 0 Å². The Balaban J connectivity index is 2.09. The number of hydrogen-bond acceptors (Lipinski definition) is 3. The average molecular weight is 288 g/mol. The van der Waals surface area contributed by atoms with Gasteiger partial charge in [-0.25, -0.2) is 4.98 Å². The number of furan rings is 1. The molecule has 2 aromatic heterocycles. The first-order chi connectivity index (χ1) is 10.7. The molecule has 0 saturated carbocycles. The van der Waals surface area contributed by atoms with Crippen molar-refractivity contribution in [2.75, 3.05) is 0 Å². The molecule has 0 amide bonds. The summed E-state index contributed by atoms with van der Waals surface area (Å²) < 4.78 is 5.95. The second kappa shape index (κ2) is 4.95. The molecule has 0 saturated heterocycles. The van der Waals surface area contributed by atoms with Crippen LogP contribution in [-0.4, -0.2) is 9.97 Å². The molecule has 4 rings (SSSR count). The van der Waals surface area contributed by atoms with Crippen molar-refractivity contribution in [2.45, 2.75) is 19.8 Å². The van der Waals surface area contributed by atoms with Gasteiger partial charge in [-0.05, 0) is 12.0 Å². The Kier molecular flexibility index (Phi) is 2.93. The molecule has 2 heterocycles. The SMILES string of the molecule is CC(C)c1nc(-c2ccccc2)nc2oc3ccccc3c12. The first-order valence-corrected chi connectivity index (χ1v) is 7.48. The summed E-state index contributed by atoms with van der Waals surface area (Å²) in [7, 11) is 0. The minimum Gasteiger partial charge on any atom is -0.438 e. The summed E-state index contributed by atoms with van der Waals surface area (Å²) in [4.78, 5) is 9.47. The van der Waals surface area contributed by atoms with Gasteiger partial charge in [-0.3, -0.25) is 0 Å². The summed E-state index contributed by atoms with van der Waals surface area (Å²) in [6, 6.07) is 18.1. The first-order valence-electron chi connectivity index (χ1n) is 7.48. The largest absolute Gasteiger partial charge is 0.438 e. The van der Waals surface area contributed by atoms with Gasteiger partial charge in [0, 0.05) is 10.9 Å². The molecule has 0 unspecified atom stereocenters. The maximum atomic E-state index is 5.95. The van der Waals surface area contributed by atoms with Gasteiger partial charge in [-0.2, -0.15) is 4.98 Å². The van der Waals surface area contributed by atoms with E-state index in [4.69, 9.17) is 9.40 Å². The van der Waals surface area contributed by atoms with E-state index in [1.807, 2.05) is 48.5 Å². The number of para-hydroxylation sites is 1. The molecule has 2 aromatic carbocycles. The second-order valence-corrected chi connectivity index (χ2v) is 5.73. The fourth-order valence-electron chi connectivity index (χ4n) is 2.78. The Morgan fingerprint density at radius 3 is 2.36 bits per heavy atom. The van der Waals surface area contributed by atoms with Gasteiger partial charge >= 0.3 is 0 Å². The average Bonchev–Trinajstić information content (AvgIpc) is 2.93. The van der Waals surface area contributed by atoms with E-state index in [2.05, 4.69) is 24.9 Å². The first kappa shape index (κ1) is 13.0. The van der Waals surface area contributed by atoms with Gasteiger partial charge in [0.25, 0.3) is 0 Å². The van der Waals surface area contributed by atoms with Gasteiger partial charge in [0.2, 0.25) is 5.71 Å². The molecular weight excluding hydrogens is 272 g/mol. The van der Waals surface area contributed by atoms with Crippen molar-refractivity contribution < 1.29 is 4.42 Å². The fraction of sp³-hybridized carbons (Fsp3) is 0.158. The number of benzene rings is 2. The standard InChI is InChI=1S/C19H16N2O/c1-12(2)17-16-14-10-6-7-11-15(14)22-19(16)21-18(20-17)13-8-4-3-5-9-13/h3-12H,1-2H3. The van der Waals surface area contributed by atoms with Crippen molar-refractivity contribution >= 4 is 22.1 Å². The molecule has 0 N–H and O–H groups in total. The van der Waals surface area contributed by atoms with E-state index in [-0.39, 0.29) is 0 Å². The molecule has 0 aliphatic carbocycles. The fourth-order valence-corrected chi connectivity index (χ4v) is 2.78. The summed E-state index contributed by atoms with van der Waals surface area (Å²) in [5.74, 6) is 1.02. The van der Waals surface area contributed by atoms with Crippen molar-refractivity contribution in [3.05, 3.63) is 60.3 Å². The number of rotatable bonds is 2. The van der Waals surface area contributed by atoms with E-state index in [0.717, 1.165) is 33.4 Å². The Bertz CT molecular complexity index is 955. The Hall–Kier alpha value is -2.68. The molecule has 0 radical (unpaired) electrons. The van der Waals surface area contributed by atoms with E-state index in [1.54, 1.807) is 0 Å². The molecule has 22 heavy (non-hydrogen) atoms. The minimum absolute atomic E-state index is 0.300. The van der Waals surface area contributed by atoms with Crippen molar-refractivity contribution in [2.24, 2.45) is 0 Å². The van der Waals surface area contributed by atoms with Crippen LogP contribution >= 0.6 is 0 Å². The third kappa shape index (κ3) is 1.98. The number of aromatic nitrogens is 2. The normalized spacial score (nSPS) is 11.6. The van der Waals surface area contributed by atoms with Crippen LogP contribution in [0.3, 0.4) is 0 Å². The summed E-state index contributed by atoms with van der Waals surface area (Å²) in [6.07, 6.45) is 0. The zero-order valence-electron chi connectivity index (χ0n) is 12.6. The lowest BCUT2D eigenvalue weighted by Crippen LogP contribution is -1.98. The van der Waals surface area contributed by atoms with E-state index in [0.29, 0.717) is 11.6 Å². The lowest BCUT2D eigenvalue weighted by Gasteiger charge is -2.08. The molecule has 108 valence electrons.